The van der Waals surface area contributed by atoms with Crippen LogP contribution in [-0.4, -0.2) is 40.3 Å². The smallest absolute Gasteiger partial charge is 0.207 e. The number of aromatic nitrogens is 3. The van der Waals surface area contributed by atoms with Gasteiger partial charge in [0.1, 0.15) is 11.6 Å². The van der Waals surface area contributed by atoms with Gasteiger partial charge in [-0.1, -0.05) is 12.1 Å². The first-order valence-corrected chi connectivity index (χ1v) is 7.99. The summed E-state index contributed by atoms with van der Waals surface area (Å²) in [5.74, 6) is 1.53. The van der Waals surface area contributed by atoms with Crippen LogP contribution in [0.5, 0.6) is 0 Å². The van der Waals surface area contributed by atoms with E-state index in [-0.39, 0.29) is 6.04 Å². The van der Waals surface area contributed by atoms with Gasteiger partial charge in [0.2, 0.25) is 5.95 Å². The predicted octanol–water partition coefficient (Wildman–Crippen LogP) is 1.81. The Bertz CT molecular complexity index is 890. The Kier molecular flexibility index (Phi) is 3.50. The van der Waals surface area contributed by atoms with Gasteiger partial charge in [-0.2, -0.15) is 0 Å². The lowest BCUT2D eigenvalue weighted by atomic mass is 10.2. The van der Waals surface area contributed by atoms with Crippen LogP contribution in [0.15, 0.2) is 36.4 Å². The molecule has 0 aliphatic carbocycles. The summed E-state index contributed by atoms with van der Waals surface area (Å²) < 4.78 is 7.35. The quantitative estimate of drug-likeness (QED) is 0.746. The number of nitrogens with two attached hydrogens (primary N) is 2. The number of hydrogen-bond donors (Lipinski definition) is 2. The molecule has 1 aromatic carbocycles. The standard InChI is InChI=1S/C17H20N6O/c1-11-10-24-7-6-22(11)12-8-15(18)21-16(9-12)23-14-5-3-2-4-13(14)20-17(23)19/h2-5,8-9,11H,6-7,10H2,1H3,(H2,18,21)(H2,19,20). The SMILES string of the molecule is CC1COCCN1c1cc(N)nc(-n2c(N)nc3ccccc32)c1. The number of imidazole rings is 1. The lowest BCUT2D eigenvalue weighted by Gasteiger charge is -2.35. The van der Waals surface area contributed by atoms with Gasteiger partial charge in [-0.15, -0.1) is 0 Å². The minimum absolute atomic E-state index is 0.283. The molecule has 0 amide bonds. The Labute approximate surface area is 139 Å². The molecule has 1 atom stereocenters. The number of ether oxygens (including phenoxy) is 1. The summed E-state index contributed by atoms with van der Waals surface area (Å²) in [4.78, 5) is 11.2. The maximum absolute atomic E-state index is 6.13. The van der Waals surface area contributed by atoms with E-state index >= 15 is 0 Å². The fourth-order valence-electron chi connectivity index (χ4n) is 3.20. The molecular weight excluding hydrogens is 304 g/mol. The van der Waals surface area contributed by atoms with Gasteiger partial charge < -0.3 is 21.1 Å². The molecule has 7 nitrogen and oxygen atoms in total. The Hall–Kier alpha value is -2.80. The number of nitrogens with zero attached hydrogens (tertiary/aromatic N) is 4. The van der Waals surface area contributed by atoms with Crippen molar-refractivity contribution in [2.24, 2.45) is 0 Å². The molecule has 4 N–H and O–H groups in total. The largest absolute Gasteiger partial charge is 0.384 e. The van der Waals surface area contributed by atoms with E-state index in [1.165, 1.54) is 0 Å². The first-order chi connectivity index (χ1) is 11.6. The highest BCUT2D eigenvalue weighted by Gasteiger charge is 2.21. The summed E-state index contributed by atoms with van der Waals surface area (Å²) >= 11 is 0. The highest BCUT2D eigenvalue weighted by molar-refractivity contribution is 5.80. The van der Waals surface area contributed by atoms with Crippen molar-refractivity contribution in [2.45, 2.75) is 13.0 Å². The first-order valence-electron chi connectivity index (χ1n) is 7.99. The van der Waals surface area contributed by atoms with Crippen molar-refractivity contribution >= 4 is 28.5 Å². The third-order valence-corrected chi connectivity index (χ3v) is 4.33. The van der Waals surface area contributed by atoms with E-state index in [4.69, 9.17) is 16.2 Å². The molecule has 1 aliphatic heterocycles. The first kappa shape index (κ1) is 14.8. The second kappa shape index (κ2) is 5.68. The average molecular weight is 324 g/mol. The molecule has 1 unspecified atom stereocenters. The summed E-state index contributed by atoms with van der Waals surface area (Å²) in [6.45, 7) is 4.37. The van der Waals surface area contributed by atoms with Gasteiger partial charge >= 0.3 is 0 Å². The van der Waals surface area contributed by atoms with Crippen molar-refractivity contribution < 1.29 is 4.74 Å². The molecule has 1 fully saturated rings. The van der Waals surface area contributed by atoms with E-state index in [0.717, 1.165) is 23.3 Å². The van der Waals surface area contributed by atoms with Crippen LogP contribution in [0.4, 0.5) is 17.5 Å². The second-order valence-electron chi connectivity index (χ2n) is 6.02. The number of anilines is 3. The zero-order valence-corrected chi connectivity index (χ0v) is 13.5. The molecule has 0 saturated carbocycles. The van der Waals surface area contributed by atoms with Crippen LogP contribution in [0.3, 0.4) is 0 Å². The number of morpholine rings is 1. The molecule has 2 aromatic heterocycles. The normalized spacial score (nSPS) is 18.2. The minimum atomic E-state index is 0.283. The molecule has 24 heavy (non-hydrogen) atoms. The Morgan fingerprint density at radius 3 is 2.83 bits per heavy atom. The van der Waals surface area contributed by atoms with E-state index in [1.807, 2.05) is 41.0 Å². The number of fused-ring (bicyclic) bond motifs is 1. The monoisotopic (exact) mass is 324 g/mol. The molecule has 4 rings (SSSR count). The molecule has 3 aromatic rings. The number of nitrogen functional groups attached to an aromatic ring is 2. The number of benzene rings is 1. The lowest BCUT2D eigenvalue weighted by molar-refractivity contribution is 0.0989. The summed E-state index contributed by atoms with van der Waals surface area (Å²) in [6, 6.07) is 12.0. The summed E-state index contributed by atoms with van der Waals surface area (Å²) in [5.41, 5.74) is 15.0. The number of para-hydroxylation sites is 2. The zero-order valence-electron chi connectivity index (χ0n) is 13.5. The molecule has 0 radical (unpaired) electrons. The van der Waals surface area contributed by atoms with E-state index in [0.29, 0.717) is 30.8 Å². The third kappa shape index (κ3) is 2.43. The molecular formula is C17H20N6O. The zero-order chi connectivity index (χ0) is 16.7. The molecule has 124 valence electrons. The van der Waals surface area contributed by atoms with Gasteiger partial charge in [0.15, 0.2) is 0 Å². The number of rotatable bonds is 2. The molecule has 1 aliphatic rings. The minimum Gasteiger partial charge on any atom is -0.384 e. The van der Waals surface area contributed by atoms with Gasteiger partial charge in [-0.25, -0.2) is 9.97 Å². The van der Waals surface area contributed by atoms with E-state index in [9.17, 15) is 0 Å². The summed E-state index contributed by atoms with van der Waals surface area (Å²) in [7, 11) is 0. The maximum Gasteiger partial charge on any atom is 0.207 e. The van der Waals surface area contributed by atoms with E-state index in [2.05, 4.69) is 21.8 Å². The Morgan fingerprint density at radius 2 is 2.00 bits per heavy atom. The maximum atomic E-state index is 6.13. The Balaban J connectivity index is 1.85. The van der Waals surface area contributed by atoms with Gasteiger partial charge in [0.25, 0.3) is 0 Å². The lowest BCUT2D eigenvalue weighted by Crippen LogP contribution is -2.43. The molecule has 3 heterocycles. The summed E-state index contributed by atoms with van der Waals surface area (Å²) in [6.07, 6.45) is 0. The fraction of sp³-hybridized carbons (Fsp3) is 0.294. The topological polar surface area (TPSA) is 95.2 Å². The van der Waals surface area contributed by atoms with Crippen LogP contribution in [0.25, 0.3) is 16.9 Å². The predicted molar refractivity (Wildman–Crippen MR) is 95.3 cm³/mol. The molecule has 0 bridgehead atoms. The molecule has 0 spiro atoms. The molecule has 7 heteroatoms. The summed E-state index contributed by atoms with van der Waals surface area (Å²) in [5, 5.41) is 0. The van der Waals surface area contributed by atoms with Crippen molar-refractivity contribution in [3.63, 3.8) is 0 Å². The van der Waals surface area contributed by atoms with Crippen molar-refractivity contribution in [1.29, 1.82) is 0 Å². The average Bonchev–Trinajstić information content (AvgIpc) is 2.90. The van der Waals surface area contributed by atoms with Gasteiger partial charge in [0, 0.05) is 30.4 Å². The van der Waals surface area contributed by atoms with Gasteiger partial charge in [-0.05, 0) is 19.1 Å². The second-order valence-corrected chi connectivity index (χ2v) is 6.02. The van der Waals surface area contributed by atoms with E-state index in [1.54, 1.807) is 0 Å². The highest BCUT2D eigenvalue weighted by atomic mass is 16.5. The van der Waals surface area contributed by atoms with Crippen molar-refractivity contribution in [2.75, 3.05) is 36.1 Å². The van der Waals surface area contributed by atoms with Crippen LogP contribution in [-0.2, 0) is 4.74 Å². The van der Waals surface area contributed by atoms with Crippen LogP contribution in [0.2, 0.25) is 0 Å². The third-order valence-electron chi connectivity index (χ3n) is 4.33. The van der Waals surface area contributed by atoms with E-state index < -0.39 is 0 Å². The van der Waals surface area contributed by atoms with Crippen LogP contribution in [0.1, 0.15) is 6.92 Å². The van der Waals surface area contributed by atoms with Gasteiger partial charge in [0.05, 0.1) is 24.2 Å². The van der Waals surface area contributed by atoms with Crippen LogP contribution >= 0.6 is 0 Å². The van der Waals surface area contributed by atoms with Crippen molar-refractivity contribution in [1.82, 2.24) is 14.5 Å². The Morgan fingerprint density at radius 1 is 1.17 bits per heavy atom. The highest BCUT2D eigenvalue weighted by Crippen LogP contribution is 2.27. The van der Waals surface area contributed by atoms with Crippen molar-refractivity contribution in [3.8, 4) is 5.82 Å². The van der Waals surface area contributed by atoms with Gasteiger partial charge in [-0.3, -0.25) is 4.57 Å². The van der Waals surface area contributed by atoms with Crippen LogP contribution < -0.4 is 16.4 Å². The number of pyridine rings is 1. The van der Waals surface area contributed by atoms with Crippen molar-refractivity contribution in [3.05, 3.63) is 36.4 Å². The fourth-order valence-corrected chi connectivity index (χ4v) is 3.20. The molecule has 1 saturated heterocycles. The number of hydrogen-bond acceptors (Lipinski definition) is 6. The van der Waals surface area contributed by atoms with Crippen LogP contribution in [0, 0.1) is 0 Å².